The molecule has 0 bridgehead atoms. The summed E-state index contributed by atoms with van der Waals surface area (Å²) in [6, 6.07) is 4.27. The highest BCUT2D eigenvalue weighted by Gasteiger charge is 2.32. The van der Waals surface area contributed by atoms with E-state index in [1.54, 1.807) is 0 Å². The minimum atomic E-state index is -4.69. The van der Waals surface area contributed by atoms with Gasteiger partial charge in [-0.25, -0.2) is 8.78 Å². The Balaban J connectivity index is 0.00000264. The van der Waals surface area contributed by atoms with Gasteiger partial charge in [0.1, 0.15) is 11.6 Å². The second-order valence-corrected chi connectivity index (χ2v) is 4.30. The Labute approximate surface area is 144 Å². The van der Waals surface area contributed by atoms with Crippen LogP contribution in [-0.4, -0.2) is 40.2 Å². The molecule has 118 valence electrons. The van der Waals surface area contributed by atoms with Crippen molar-refractivity contribution in [3.63, 3.8) is 0 Å². The maximum atomic E-state index is 13.5. The van der Waals surface area contributed by atoms with Crippen molar-refractivity contribution in [2.75, 3.05) is 0 Å². The molecule has 0 spiro atoms. The quantitative estimate of drug-likeness (QED) is 0.663. The molecule has 0 saturated heterocycles. The van der Waals surface area contributed by atoms with Gasteiger partial charge in [-0.15, -0.1) is 0 Å². The molecule has 0 aliphatic carbocycles. The lowest BCUT2D eigenvalue weighted by molar-refractivity contribution is -0.137. The van der Waals surface area contributed by atoms with Crippen molar-refractivity contribution >= 4 is 35.6 Å². The van der Waals surface area contributed by atoms with E-state index in [4.69, 9.17) is 14.8 Å². The molecule has 0 saturated carbocycles. The number of ether oxygens (including phenoxy) is 1. The fourth-order valence-electron chi connectivity index (χ4n) is 1.70. The standard InChI is InChI=1S/C13H8BF5O3.Mg/c15-8-2-4-12(10(16)6-8)22-11-3-1-7(13(17,18)19)5-9(11)14(20)21;/h1-6,20-21H;. The topological polar surface area (TPSA) is 49.7 Å². The summed E-state index contributed by atoms with van der Waals surface area (Å²) in [6.07, 6.45) is -4.69. The summed E-state index contributed by atoms with van der Waals surface area (Å²) in [5, 5.41) is 18.3. The number of rotatable bonds is 3. The second-order valence-electron chi connectivity index (χ2n) is 4.30. The lowest BCUT2D eigenvalue weighted by atomic mass is 9.78. The first-order valence-electron chi connectivity index (χ1n) is 5.88. The molecule has 0 aliphatic rings. The van der Waals surface area contributed by atoms with Crippen LogP contribution in [0.15, 0.2) is 36.4 Å². The molecule has 3 nitrogen and oxygen atoms in total. The lowest BCUT2D eigenvalue weighted by Crippen LogP contribution is -2.32. The molecule has 0 atom stereocenters. The number of hydrogen-bond acceptors (Lipinski definition) is 3. The van der Waals surface area contributed by atoms with E-state index in [0.717, 1.165) is 18.2 Å². The molecule has 0 unspecified atom stereocenters. The largest absolute Gasteiger partial charge is 0.492 e. The van der Waals surface area contributed by atoms with Gasteiger partial charge in [0, 0.05) is 34.6 Å². The van der Waals surface area contributed by atoms with Gasteiger partial charge < -0.3 is 14.8 Å². The Bertz CT molecular complexity index is 694. The molecular weight excluding hydrogens is 334 g/mol. The Morgan fingerprint density at radius 3 is 2.04 bits per heavy atom. The Morgan fingerprint density at radius 2 is 1.52 bits per heavy atom. The molecule has 10 heteroatoms. The predicted octanol–water partition coefficient (Wildman–Crippen LogP) is 2.07. The highest BCUT2D eigenvalue weighted by atomic mass is 24.3. The minimum Gasteiger partial charge on any atom is -0.455 e. The monoisotopic (exact) mass is 342 g/mol. The van der Waals surface area contributed by atoms with Crippen molar-refractivity contribution < 1.29 is 36.7 Å². The summed E-state index contributed by atoms with van der Waals surface area (Å²) in [6.45, 7) is 0. The first-order chi connectivity index (χ1) is 10.2. The minimum absolute atomic E-state index is 0. The fourth-order valence-corrected chi connectivity index (χ4v) is 1.70. The van der Waals surface area contributed by atoms with Crippen LogP contribution < -0.4 is 10.2 Å². The maximum absolute atomic E-state index is 13.5. The zero-order chi connectivity index (χ0) is 16.5. The highest BCUT2D eigenvalue weighted by Crippen LogP contribution is 2.31. The second kappa shape index (κ2) is 7.47. The summed E-state index contributed by atoms with van der Waals surface area (Å²) >= 11 is 0. The average molecular weight is 342 g/mol. The van der Waals surface area contributed by atoms with Crippen molar-refractivity contribution in [2.45, 2.75) is 6.18 Å². The Morgan fingerprint density at radius 1 is 0.913 bits per heavy atom. The van der Waals surface area contributed by atoms with Gasteiger partial charge in [0.15, 0.2) is 11.6 Å². The van der Waals surface area contributed by atoms with Crippen molar-refractivity contribution in [1.29, 1.82) is 0 Å². The van der Waals surface area contributed by atoms with Crippen LogP contribution in [-0.2, 0) is 6.18 Å². The van der Waals surface area contributed by atoms with Crippen LogP contribution >= 0.6 is 0 Å². The number of benzene rings is 2. The molecular formula is C13H8BF5MgO3. The van der Waals surface area contributed by atoms with Crippen LogP contribution in [0.2, 0.25) is 0 Å². The van der Waals surface area contributed by atoms with Crippen LogP contribution in [0, 0.1) is 11.6 Å². The summed E-state index contributed by atoms with van der Waals surface area (Å²) in [7, 11) is -2.26. The molecule has 0 aromatic heterocycles. The third-order valence-electron chi connectivity index (χ3n) is 2.73. The van der Waals surface area contributed by atoms with Gasteiger partial charge in [-0.05, 0) is 30.3 Å². The van der Waals surface area contributed by atoms with Gasteiger partial charge in [-0.2, -0.15) is 13.2 Å². The third-order valence-corrected chi connectivity index (χ3v) is 2.73. The first-order valence-corrected chi connectivity index (χ1v) is 5.88. The molecule has 23 heavy (non-hydrogen) atoms. The molecule has 0 aliphatic heterocycles. The zero-order valence-corrected chi connectivity index (χ0v) is 12.9. The van der Waals surface area contributed by atoms with Crippen molar-refractivity contribution in [1.82, 2.24) is 0 Å². The molecule has 2 aromatic carbocycles. The fraction of sp³-hybridized carbons (Fsp3) is 0.0769. The zero-order valence-electron chi connectivity index (χ0n) is 11.4. The lowest BCUT2D eigenvalue weighted by Gasteiger charge is -2.14. The third kappa shape index (κ3) is 4.80. The molecule has 2 N–H and O–H groups in total. The summed E-state index contributed by atoms with van der Waals surface area (Å²) < 4.78 is 69.0. The van der Waals surface area contributed by atoms with Gasteiger partial charge >= 0.3 is 13.3 Å². The van der Waals surface area contributed by atoms with E-state index >= 15 is 0 Å². The van der Waals surface area contributed by atoms with E-state index in [2.05, 4.69) is 0 Å². The van der Waals surface area contributed by atoms with Crippen molar-refractivity contribution in [3.8, 4) is 11.5 Å². The van der Waals surface area contributed by atoms with Gasteiger partial charge in [0.25, 0.3) is 0 Å². The number of halogens is 5. The van der Waals surface area contributed by atoms with Gasteiger partial charge in [-0.3, -0.25) is 0 Å². The molecule has 0 fully saturated rings. The van der Waals surface area contributed by atoms with E-state index in [0.29, 0.717) is 18.2 Å². The maximum Gasteiger partial charge on any atom is 0.492 e. The molecule has 2 rings (SSSR count). The van der Waals surface area contributed by atoms with E-state index in [1.807, 2.05) is 0 Å². The highest BCUT2D eigenvalue weighted by molar-refractivity contribution is 6.59. The molecule has 0 amide bonds. The van der Waals surface area contributed by atoms with E-state index in [9.17, 15) is 22.0 Å². The van der Waals surface area contributed by atoms with Crippen LogP contribution in [0.25, 0.3) is 0 Å². The van der Waals surface area contributed by atoms with Gasteiger partial charge in [0.2, 0.25) is 0 Å². The first kappa shape index (κ1) is 19.7. The molecule has 0 heterocycles. The van der Waals surface area contributed by atoms with Crippen molar-refractivity contribution in [3.05, 3.63) is 53.6 Å². The van der Waals surface area contributed by atoms with E-state index in [-0.39, 0.29) is 23.1 Å². The summed E-state index contributed by atoms with van der Waals surface area (Å²) in [5.41, 5.74) is -1.72. The number of alkyl halides is 3. The van der Waals surface area contributed by atoms with Crippen LogP contribution in [0.1, 0.15) is 5.56 Å². The normalized spacial score (nSPS) is 10.9. The molecule has 2 aromatic rings. The Hall–Kier alpha value is -1.36. The average Bonchev–Trinajstić information content (AvgIpc) is 2.40. The smallest absolute Gasteiger partial charge is 0.455 e. The number of hydrogen-bond donors (Lipinski definition) is 2. The van der Waals surface area contributed by atoms with E-state index < -0.39 is 47.5 Å². The molecule has 2 radical (unpaired) electrons. The van der Waals surface area contributed by atoms with Crippen LogP contribution in [0.5, 0.6) is 11.5 Å². The van der Waals surface area contributed by atoms with Crippen LogP contribution in [0.3, 0.4) is 0 Å². The SMILES string of the molecule is OB(O)c1cc(C(F)(F)F)ccc1Oc1ccc(F)cc1F.[Mg]. The van der Waals surface area contributed by atoms with Gasteiger partial charge in [0.05, 0.1) is 5.56 Å². The summed E-state index contributed by atoms with van der Waals surface area (Å²) in [5.74, 6) is -2.81. The van der Waals surface area contributed by atoms with Crippen molar-refractivity contribution in [2.24, 2.45) is 0 Å². The van der Waals surface area contributed by atoms with Gasteiger partial charge in [-0.1, -0.05) is 0 Å². The van der Waals surface area contributed by atoms with Crippen LogP contribution in [0.4, 0.5) is 22.0 Å². The predicted molar refractivity (Wildman–Crippen MR) is 73.5 cm³/mol. The summed E-state index contributed by atoms with van der Waals surface area (Å²) in [4.78, 5) is 0. The van der Waals surface area contributed by atoms with E-state index in [1.165, 1.54) is 0 Å². The Kier molecular flexibility index (Phi) is 6.40.